The van der Waals surface area contributed by atoms with Gasteiger partial charge in [0.1, 0.15) is 12.7 Å². The van der Waals surface area contributed by atoms with Gasteiger partial charge < -0.3 is 19.3 Å². The second kappa shape index (κ2) is 12.9. The molecule has 49 heavy (non-hydrogen) atoms. The van der Waals surface area contributed by atoms with Crippen molar-refractivity contribution in [3.05, 3.63) is 91.9 Å². The van der Waals surface area contributed by atoms with Crippen LogP contribution >= 0.6 is 31.9 Å². The molecule has 6 heterocycles. The summed E-state index contributed by atoms with van der Waals surface area (Å²) in [6.07, 6.45) is 8.21. The zero-order valence-corrected chi connectivity index (χ0v) is 29.6. The quantitative estimate of drug-likeness (QED) is 0.149. The second-order valence-electron chi connectivity index (χ2n) is 12.7. The molecule has 0 saturated carbocycles. The minimum Gasteiger partial charge on any atom is -0.461 e. The molecule has 0 N–H and O–H groups in total. The van der Waals surface area contributed by atoms with E-state index in [9.17, 15) is 19.2 Å². The highest BCUT2D eigenvalue weighted by molar-refractivity contribution is 9.10. The average Bonchev–Trinajstić information content (AvgIpc) is 3.91. The maximum absolute atomic E-state index is 13.4. The number of halogens is 2. The first-order chi connectivity index (χ1) is 23.8. The summed E-state index contributed by atoms with van der Waals surface area (Å²) in [6.45, 7) is 1.61. The number of fused-ring (bicyclic) bond motifs is 10. The molecule has 0 unspecified atom stereocenters. The molecule has 2 amide bonds. The second-order valence-corrected chi connectivity index (χ2v) is 14.5. The van der Waals surface area contributed by atoms with Crippen LogP contribution in [0.4, 0.5) is 0 Å². The molecule has 0 bridgehead atoms. The molecule has 2 aromatic carbocycles. The van der Waals surface area contributed by atoms with Crippen molar-refractivity contribution in [1.82, 2.24) is 28.9 Å². The molecule has 2 saturated heterocycles. The number of benzene rings is 2. The number of amides is 2. The third-order valence-corrected chi connectivity index (χ3v) is 10.8. The maximum Gasteiger partial charge on any atom is 0.358 e. The smallest absolute Gasteiger partial charge is 0.358 e. The molecular weight excluding hydrogens is 760 g/mol. The summed E-state index contributed by atoms with van der Waals surface area (Å²) in [5.41, 5.74) is 4.34. The number of aromatic nitrogens is 4. The molecule has 0 spiro atoms. The Balaban J connectivity index is 0.877. The zero-order chi connectivity index (χ0) is 33.8. The Bertz CT molecular complexity index is 1880. The van der Waals surface area contributed by atoms with Crippen LogP contribution in [0.5, 0.6) is 0 Å². The van der Waals surface area contributed by atoms with Gasteiger partial charge in [-0.15, -0.1) is 0 Å². The molecule has 2 fully saturated rings. The minimum atomic E-state index is -0.520. The van der Waals surface area contributed by atoms with Crippen LogP contribution in [0.2, 0.25) is 0 Å². The molecular formula is C35H32Br2N6O6. The highest BCUT2D eigenvalue weighted by Crippen LogP contribution is 2.42. The number of imidazole rings is 2. The van der Waals surface area contributed by atoms with Gasteiger partial charge in [0.25, 0.3) is 11.8 Å². The van der Waals surface area contributed by atoms with Crippen molar-refractivity contribution < 1.29 is 28.7 Å². The summed E-state index contributed by atoms with van der Waals surface area (Å²) in [6, 6.07) is 10.6. The highest BCUT2D eigenvalue weighted by Gasteiger charge is 2.42. The van der Waals surface area contributed by atoms with E-state index in [1.165, 1.54) is 0 Å². The van der Waals surface area contributed by atoms with E-state index in [1.54, 1.807) is 12.7 Å². The number of ether oxygens (including phenoxy) is 2. The van der Waals surface area contributed by atoms with Crippen LogP contribution in [0.25, 0.3) is 11.4 Å². The Kier molecular flexibility index (Phi) is 8.38. The van der Waals surface area contributed by atoms with Crippen molar-refractivity contribution in [2.45, 2.75) is 57.0 Å². The van der Waals surface area contributed by atoms with Gasteiger partial charge in [-0.25, -0.2) is 19.6 Å². The van der Waals surface area contributed by atoms with Gasteiger partial charge in [0, 0.05) is 22.0 Å². The summed E-state index contributed by atoms with van der Waals surface area (Å²) < 4.78 is 16.6. The Labute approximate surface area is 298 Å². The standard InChI is InChI=1S/C35H32Br2N6O6/c36-20-8-10-24-22(16-20)32(44)40-12-4-6-26(40)30-28(38-18-42(24)30)34(46)48-14-2-1-3-15-49-35(47)29-31-27-7-5-13-41(27)33(45)23-17-21(37)9-11-25(23)43(31)19-39-29/h8-11,16-19,26-27H,1-7,12-15H2/t26-,27-/m0/s1. The van der Waals surface area contributed by atoms with Crippen LogP contribution in [0.1, 0.15) is 110 Å². The molecule has 0 radical (unpaired) electrons. The van der Waals surface area contributed by atoms with Crippen LogP contribution in [-0.2, 0) is 9.47 Å². The predicted octanol–water partition coefficient (Wildman–Crippen LogP) is 6.35. The van der Waals surface area contributed by atoms with Gasteiger partial charge in [-0.05, 0) is 81.3 Å². The van der Waals surface area contributed by atoms with Crippen LogP contribution in [0, 0.1) is 0 Å². The largest absolute Gasteiger partial charge is 0.461 e. The maximum atomic E-state index is 13.4. The van der Waals surface area contributed by atoms with E-state index in [1.807, 2.05) is 55.3 Å². The molecule has 4 aromatic rings. The van der Waals surface area contributed by atoms with Crippen molar-refractivity contribution in [2.24, 2.45) is 0 Å². The topological polar surface area (TPSA) is 129 Å². The molecule has 4 aliphatic heterocycles. The van der Waals surface area contributed by atoms with E-state index in [4.69, 9.17) is 9.47 Å². The summed E-state index contributed by atoms with van der Waals surface area (Å²) in [5.74, 6) is -1.15. The number of carbonyl (C=O) groups excluding carboxylic acids is 4. The number of hydrogen-bond acceptors (Lipinski definition) is 8. The molecule has 14 heteroatoms. The number of esters is 2. The van der Waals surface area contributed by atoms with E-state index >= 15 is 0 Å². The lowest BCUT2D eigenvalue weighted by atomic mass is 10.1. The lowest BCUT2D eigenvalue weighted by molar-refractivity contribution is 0.0463. The molecule has 2 aromatic heterocycles. The predicted molar refractivity (Wildman–Crippen MR) is 183 cm³/mol. The normalized spacial score (nSPS) is 18.9. The third kappa shape index (κ3) is 5.49. The molecule has 12 nitrogen and oxygen atoms in total. The third-order valence-electron chi connectivity index (χ3n) is 9.81. The summed E-state index contributed by atoms with van der Waals surface area (Å²) >= 11 is 6.95. The number of rotatable bonds is 8. The van der Waals surface area contributed by atoms with Gasteiger partial charge in [0.2, 0.25) is 0 Å². The Morgan fingerprint density at radius 2 is 1.14 bits per heavy atom. The Morgan fingerprint density at radius 3 is 1.59 bits per heavy atom. The highest BCUT2D eigenvalue weighted by atomic mass is 79.9. The van der Waals surface area contributed by atoms with Crippen molar-refractivity contribution >= 4 is 55.6 Å². The molecule has 8 rings (SSSR count). The van der Waals surface area contributed by atoms with Crippen molar-refractivity contribution in [2.75, 3.05) is 26.3 Å². The first-order valence-corrected chi connectivity index (χ1v) is 18.1. The van der Waals surface area contributed by atoms with Crippen LogP contribution in [-0.4, -0.2) is 79.0 Å². The van der Waals surface area contributed by atoms with Crippen LogP contribution in [0.15, 0.2) is 58.0 Å². The van der Waals surface area contributed by atoms with Crippen LogP contribution < -0.4 is 0 Å². The SMILES string of the molecule is O=C(OCCCCCOC(=O)c1ncn2c1[C@@H]1CCCN1C(=O)c1cc(Br)ccc1-2)c1ncn2c1[C@@H]1CCCN1C(=O)c1cc(Br)ccc1-2. The molecule has 4 aliphatic rings. The van der Waals surface area contributed by atoms with Gasteiger partial charge in [0.05, 0.1) is 59.2 Å². The van der Waals surface area contributed by atoms with Gasteiger partial charge in [-0.3, -0.25) is 18.7 Å². The minimum absolute atomic E-state index is 0.0554. The summed E-state index contributed by atoms with van der Waals surface area (Å²) in [7, 11) is 0. The summed E-state index contributed by atoms with van der Waals surface area (Å²) in [4.78, 5) is 65.9. The monoisotopic (exact) mass is 790 g/mol. The van der Waals surface area contributed by atoms with E-state index in [0.717, 1.165) is 34.6 Å². The molecule has 0 aliphatic carbocycles. The van der Waals surface area contributed by atoms with Crippen molar-refractivity contribution in [3.63, 3.8) is 0 Å². The summed E-state index contributed by atoms with van der Waals surface area (Å²) in [5, 5.41) is 0. The molecule has 2 atom stereocenters. The fourth-order valence-corrected chi connectivity index (χ4v) is 8.30. The lowest BCUT2D eigenvalue weighted by Crippen LogP contribution is -2.30. The fraction of sp³-hybridized carbons (Fsp3) is 0.371. The van der Waals surface area contributed by atoms with Crippen LogP contribution in [0.3, 0.4) is 0 Å². The van der Waals surface area contributed by atoms with Gasteiger partial charge in [-0.2, -0.15) is 0 Å². The average molecular weight is 792 g/mol. The zero-order valence-electron chi connectivity index (χ0n) is 26.4. The first kappa shape index (κ1) is 31.9. The number of nitrogens with zero attached hydrogens (tertiary/aromatic N) is 6. The Hall–Kier alpha value is -4.30. The first-order valence-electron chi connectivity index (χ1n) is 16.5. The van der Waals surface area contributed by atoms with Gasteiger partial charge in [-0.1, -0.05) is 31.9 Å². The molecule has 252 valence electrons. The number of hydrogen-bond donors (Lipinski definition) is 0. The Morgan fingerprint density at radius 1 is 0.694 bits per heavy atom. The van der Waals surface area contributed by atoms with E-state index < -0.39 is 11.9 Å². The van der Waals surface area contributed by atoms with E-state index in [-0.39, 0.29) is 48.5 Å². The van der Waals surface area contributed by atoms with Crippen molar-refractivity contribution in [1.29, 1.82) is 0 Å². The van der Waals surface area contributed by atoms with Gasteiger partial charge >= 0.3 is 11.9 Å². The van der Waals surface area contributed by atoms with Crippen molar-refractivity contribution in [3.8, 4) is 11.4 Å². The van der Waals surface area contributed by atoms with E-state index in [2.05, 4.69) is 41.8 Å². The number of unbranched alkanes of at least 4 members (excludes halogenated alkanes) is 2. The lowest BCUT2D eigenvalue weighted by Gasteiger charge is -2.22. The number of carbonyl (C=O) groups is 4. The fourth-order valence-electron chi connectivity index (χ4n) is 7.58. The van der Waals surface area contributed by atoms with E-state index in [0.29, 0.717) is 66.2 Å². The van der Waals surface area contributed by atoms with Gasteiger partial charge in [0.15, 0.2) is 11.4 Å².